The van der Waals surface area contributed by atoms with Gasteiger partial charge in [0.25, 0.3) is 0 Å². The zero-order valence-corrected chi connectivity index (χ0v) is 12.7. The first-order chi connectivity index (χ1) is 10.1. The second-order valence-electron chi connectivity index (χ2n) is 4.92. The van der Waals surface area contributed by atoms with Crippen LogP contribution in [0.1, 0.15) is 31.7 Å². The van der Waals surface area contributed by atoms with Crippen molar-refractivity contribution < 1.29 is 4.39 Å². The molecule has 0 aliphatic rings. The summed E-state index contributed by atoms with van der Waals surface area (Å²) >= 11 is 0. The minimum Gasteiger partial charge on any atom is -0.370 e. The topological polar surface area (TPSA) is 49.8 Å². The Balaban J connectivity index is 2.26. The van der Waals surface area contributed by atoms with Crippen molar-refractivity contribution >= 4 is 17.3 Å². The average Bonchev–Trinajstić information content (AvgIpc) is 2.43. The largest absolute Gasteiger partial charge is 0.370 e. The lowest BCUT2D eigenvalue weighted by Crippen LogP contribution is -2.06. The van der Waals surface area contributed by atoms with E-state index >= 15 is 0 Å². The van der Waals surface area contributed by atoms with E-state index in [9.17, 15) is 4.39 Å². The first-order valence-electron chi connectivity index (χ1n) is 7.27. The summed E-state index contributed by atoms with van der Waals surface area (Å²) in [5, 5.41) is 6.41. The van der Waals surface area contributed by atoms with Gasteiger partial charge >= 0.3 is 0 Å². The van der Waals surface area contributed by atoms with Gasteiger partial charge in [0.2, 0.25) is 0 Å². The van der Waals surface area contributed by atoms with E-state index in [4.69, 9.17) is 0 Å². The predicted octanol–water partition coefficient (Wildman–Crippen LogP) is 4.05. The van der Waals surface area contributed by atoms with Crippen molar-refractivity contribution in [2.45, 2.75) is 33.6 Å². The number of hydrogen-bond acceptors (Lipinski definition) is 4. The van der Waals surface area contributed by atoms with E-state index in [0.717, 1.165) is 42.5 Å². The molecule has 0 atom stereocenters. The number of aryl methyl sites for hydroxylation is 2. The maximum Gasteiger partial charge on any atom is 0.136 e. The average molecular weight is 288 g/mol. The molecular formula is C16H21FN4. The van der Waals surface area contributed by atoms with Crippen LogP contribution in [0.2, 0.25) is 0 Å². The number of benzene rings is 1. The predicted molar refractivity (Wildman–Crippen MR) is 84.6 cm³/mol. The van der Waals surface area contributed by atoms with E-state index in [1.165, 1.54) is 6.07 Å². The Morgan fingerprint density at radius 1 is 1.10 bits per heavy atom. The van der Waals surface area contributed by atoms with Gasteiger partial charge in [0.05, 0.1) is 0 Å². The molecule has 1 aromatic heterocycles. The number of rotatable bonds is 6. The van der Waals surface area contributed by atoms with Crippen LogP contribution in [0.4, 0.5) is 21.7 Å². The molecule has 0 radical (unpaired) electrons. The summed E-state index contributed by atoms with van der Waals surface area (Å²) in [6, 6.07) is 6.79. The van der Waals surface area contributed by atoms with Gasteiger partial charge in [0.1, 0.15) is 23.3 Å². The quantitative estimate of drug-likeness (QED) is 0.842. The molecule has 0 bridgehead atoms. The summed E-state index contributed by atoms with van der Waals surface area (Å²) in [5.74, 6) is 2.12. The summed E-state index contributed by atoms with van der Waals surface area (Å²) in [7, 11) is 0. The van der Waals surface area contributed by atoms with Crippen LogP contribution in [0.5, 0.6) is 0 Å². The monoisotopic (exact) mass is 288 g/mol. The van der Waals surface area contributed by atoms with Crippen LogP contribution in [-0.4, -0.2) is 16.5 Å². The van der Waals surface area contributed by atoms with Crippen molar-refractivity contribution in [2.75, 3.05) is 17.2 Å². The van der Waals surface area contributed by atoms with Gasteiger partial charge in [-0.3, -0.25) is 0 Å². The third-order valence-corrected chi connectivity index (χ3v) is 3.03. The third-order valence-electron chi connectivity index (χ3n) is 3.03. The van der Waals surface area contributed by atoms with Crippen LogP contribution in [-0.2, 0) is 6.42 Å². The molecule has 0 amide bonds. The van der Waals surface area contributed by atoms with Gasteiger partial charge in [0.15, 0.2) is 0 Å². The molecule has 0 fully saturated rings. The van der Waals surface area contributed by atoms with Crippen LogP contribution in [0.15, 0.2) is 24.3 Å². The third kappa shape index (κ3) is 4.15. The summed E-state index contributed by atoms with van der Waals surface area (Å²) < 4.78 is 13.3. The van der Waals surface area contributed by atoms with Gasteiger partial charge in [-0.2, -0.15) is 0 Å². The molecule has 112 valence electrons. The number of aromatic nitrogens is 2. The highest BCUT2D eigenvalue weighted by atomic mass is 19.1. The highest BCUT2D eigenvalue weighted by Crippen LogP contribution is 2.20. The second kappa shape index (κ2) is 7.02. The second-order valence-corrected chi connectivity index (χ2v) is 4.92. The number of hydrogen-bond donors (Lipinski definition) is 2. The smallest absolute Gasteiger partial charge is 0.136 e. The maximum absolute atomic E-state index is 13.3. The number of halogens is 1. The fourth-order valence-electron chi connectivity index (χ4n) is 2.04. The number of nitrogens with one attached hydrogen (secondary N) is 2. The molecular weight excluding hydrogens is 267 g/mol. The minimum absolute atomic E-state index is 0.205. The molecule has 0 saturated heterocycles. The minimum atomic E-state index is -0.205. The number of nitrogens with zero attached hydrogens (tertiary/aromatic N) is 2. The van der Waals surface area contributed by atoms with Crippen molar-refractivity contribution in [3.63, 3.8) is 0 Å². The van der Waals surface area contributed by atoms with Crippen LogP contribution in [0, 0.1) is 12.7 Å². The Hall–Kier alpha value is -2.17. The fourth-order valence-corrected chi connectivity index (χ4v) is 2.04. The lowest BCUT2D eigenvalue weighted by atomic mass is 10.2. The Morgan fingerprint density at radius 3 is 2.52 bits per heavy atom. The summed E-state index contributed by atoms with van der Waals surface area (Å²) in [4.78, 5) is 8.96. The van der Waals surface area contributed by atoms with Crippen molar-refractivity contribution in [1.82, 2.24) is 9.97 Å². The van der Waals surface area contributed by atoms with E-state index < -0.39 is 0 Å². The number of anilines is 3. The van der Waals surface area contributed by atoms with Gasteiger partial charge in [-0.05, 0) is 44.0 Å². The SMILES string of the molecule is CCCc1nc(NCC)cc(Nc2ccc(F)c(C)c2)n1. The molecule has 0 aliphatic carbocycles. The molecule has 2 N–H and O–H groups in total. The lowest BCUT2D eigenvalue weighted by molar-refractivity contribution is 0.619. The van der Waals surface area contributed by atoms with Crippen molar-refractivity contribution in [3.05, 3.63) is 41.5 Å². The van der Waals surface area contributed by atoms with Crippen LogP contribution >= 0.6 is 0 Å². The molecule has 2 aromatic rings. The zero-order valence-electron chi connectivity index (χ0n) is 12.7. The summed E-state index contributed by atoms with van der Waals surface area (Å²) in [5.41, 5.74) is 1.42. The molecule has 1 aromatic carbocycles. The molecule has 21 heavy (non-hydrogen) atoms. The van der Waals surface area contributed by atoms with Crippen molar-refractivity contribution in [1.29, 1.82) is 0 Å². The molecule has 0 aliphatic heterocycles. The van der Waals surface area contributed by atoms with Crippen LogP contribution < -0.4 is 10.6 Å². The molecule has 0 unspecified atom stereocenters. The van der Waals surface area contributed by atoms with Gasteiger partial charge < -0.3 is 10.6 Å². The van der Waals surface area contributed by atoms with E-state index in [1.54, 1.807) is 19.1 Å². The Labute approximate surface area is 124 Å². The zero-order chi connectivity index (χ0) is 15.2. The highest BCUT2D eigenvalue weighted by molar-refractivity contribution is 5.60. The van der Waals surface area contributed by atoms with Crippen LogP contribution in [0.3, 0.4) is 0 Å². The van der Waals surface area contributed by atoms with Gasteiger partial charge in [-0.1, -0.05) is 6.92 Å². The Bertz CT molecular complexity index is 589. The lowest BCUT2D eigenvalue weighted by Gasteiger charge is -2.11. The van der Waals surface area contributed by atoms with Crippen LogP contribution in [0.25, 0.3) is 0 Å². The van der Waals surface area contributed by atoms with E-state index in [1.807, 2.05) is 13.0 Å². The standard InChI is InChI=1S/C16H21FN4/c1-4-6-14-20-15(18-5-2)10-16(21-14)19-12-7-8-13(17)11(3)9-12/h7-10H,4-6H2,1-3H3,(H2,18,19,20,21). The fraction of sp³-hybridized carbons (Fsp3) is 0.375. The first-order valence-corrected chi connectivity index (χ1v) is 7.27. The molecule has 0 saturated carbocycles. The maximum atomic E-state index is 13.3. The molecule has 4 nitrogen and oxygen atoms in total. The molecule has 0 spiro atoms. The van der Waals surface area contributed by atoms with E-state index in [-0.39, 0.29) is 5.82 Å². The van der Waals surface area contributed by atoms with Gasteiger partial charge in [-0.25, -0.2) is 14.4 Å². The van der Waals surface area contributed by atoms with Crippen molar-refractivity contribution in [3.8, 4) is 0 Å². The molecule has 1 heterocycles. The van der Waals surface area contributed by atoms with E-state index in [0.29, 0.717) is 5.56 Å². The molecule has 2 rings (SSSR count). The Kier molecular flexibility index (Phi) is 5.09. The highest BCUT2D eigenvalue weighted by Gasteiger charge is 2.05. The normalized spacial score (nSPS) is 10.5. The van der Waals surface area contributed by atoms with Gasteiger partial charge in [-0.15, -0.1) is 0 Å². The van der Waals surface area contributed by atoms with Gasteiger partial charge in [0, 0.05) is 24.7 Å². The van der Waals surface area contributed by atoms with E-state index in [2.05, 4.69) is 27.5 Å². The summed E-state index contributed by atoms with van der Waals surface area (Å²) in [6.07, 6.45) is 1.82. The Morgan fingerprint density at radius 2 is 1.86 bits per heavy atom. The van der Waals surface area contributed by atoms with Crippen molar-refractivity contribution in [2.24, 2.45) is 0 Å². The molecule has 5 heteroatoms. The summed E-state index contributed by atoms with van der Waals surface area (Å²) in [6.45, 7) is 6.67. The first kappa shape index (κ1) is 15.2.